The Morgan fingerprint density at radius 2 is 2.05 bits per heavy atom. The van der Waals surface area contributed by atoms with Crippen LogP contribution in [0.3, 0.4) is 0 Å². The van der Waals surface area contributed by atoms with Gasteiger partial charge < -0.3 is 14.5 Å². The Hall–Kier alpha value is -1.88. The van der Waals surface area contributed by atoms with E-state index in [1.54, 1.807) is 4.90 Å². The molecule has 5 heteroatoms. The van der Waals surface area contributed by atoms with Crippen LogP contribution in [0.1, 0.15) is 36.5 Å². The first-order chi connectivity index (χ1) is 10.7. The highest BCUT2D eigenvalue weighted by Crippen LogP contribution is 2.22. The molecule has 118 valence electrons. The molecule has 1 atom stereocenters. The highest BCUT2D eigenvalue weighted by atomic mass is 16.5. The van der Waals surface area contributed by atoms with Crippen LogP contribution in [0.25, 0.3) is 0 Å². The maximum atomic E-state index is 12.5. The maximum Gasteiger partial charge on any atom is 0.254 e. The molecule has 0 aliphatic carbocycles. The van der Waals surface area contributed by atoms with Gasteiger partial charge in [-0.2, -0.15) is 0 Å². The zero-order chi connectivity index (χ0) is 15.5. The number of nitrogens with zero attached hydrogens (tertiary/aromatic N) is 2. The van der Waals surface area contributed by atoms with E-state index in [1.807, 2.05) is 29.2 Å². The summed E-state index contributed by atoms with van der Waals surface area (Å²) in [5, 5.41) is 0. The molecule has 0 N–H and O–H groups in total. The fraction of sp³-hybridized carbons (Fsp3) is 0.529. The van der Waals surface area contributed by atoms with Gasteiger partial charge in [0.25, 0.3) is 5.91 Å². The summed E-state index contributed by atoms with van der Waals surface area (Å²) >= 11 is 0. The molecule has 22 heavy (non-hydrogen) atoms. The fourth-order valence-corrected chi connectivity index (χ4v) is 3.04. The quantitative estimate of drug-likeness (QED) is 0.859. The Morgan fingerprint density at radius 3 is 2.68 bits per heavy atom. The molecular weight excluding hydrogens is 280 g/mol. The van der Waals surface area contributed by atoms with Gasteiger partial charge >= 0.3 is 0 Å². The molecule has 3 rings (SSSR count). The molecule has 0 saturated carbocycles. The molecule has 1 aromatic rings. The zero-order valence-corrected chi connectivity index (χ0v) is 13.0. The third-order valence-electron chi connectivity index (χ3n) is 4.38. The normalized spacial score (nSPS) is 22.2. The Bertz CT molecular complexity index is 556. The molecule has 2 aliphatic heterocycles. The van der Waals surface area contributed by atoms with Gasteiger partial charge in [-0.05, 0) is 37.1 Å². The summed E-state index contributed by atoms with van der Waals surface area (Å²) in [6.07, 6.45) is 2.58. The second-order valence-electron chi connectivity index (χ2n) is 5.85. The molecule has 2 saturated heterocycles. The number of morpholine rings is 1. The van der Waals surface area contributed by atoms with Gasteiger partial charge in [0.05, 0.1) is 12.7 Å². The summed E-state index contributed by atoms with van der Waals surface area (Å²) < 4.78 is 5.60. The largest absolute Gasteiger partial charge is 0.375 e. The van der Waals surface area contributed by atoms with E-state index in [0.29, 0.717) is 31.7 Å². The van der Waals surface area contributed by atoms with Gasteiger partial charge in [-0.1, -0.05) is 6.92 Å². The lowest BCUT2D eigenvalue weighted by Crippen LogP contribution is -2.45. The van der Waals surface area contributed by atoms with Crippen LogP contribution in [0, 0.1) is 0 Å². The van der Waals surface area contributed by atoms with Crippen molar-refractivity contribution in [2.75, 3.05) is 31.1 Å². The van der Waals surface area contributed by atoms with Gasteiger partial charge in [0, 0.05) is 37.3 Å². The van der Waals surface area contributed by atoms with Crippen LogP contribution in [-0.2, 0) is 9.53 Å². The van der Waals surface area contributed by atoms with Crippen LogP contribution < -0.4 is 4.90 Å². The summed E-state index contributed by atoms with van der Waals surface area (Å²) in [6.45, 7) is 4.74. The Kier molecular flexibility index (Phi) is 4.43. The van der Waals surface area contributed by atoms with Crippen LogP contribution in [0.2, 0.25) is 0 Å². The zero-order valence-electron chi connectivity index (χ0n) is 13.0. The lowest BCUT2D eigenvalue weighted by atomic mass is 10.1. The second-order valence-corrected chi connectivity index (χ2v) is 5.85. The SMILES string of the molecule is CC[C@@H]1CN(C(=O)c2ccc(N3CCCC3=O)cc2)CCO1. The minimum atomic E-state index is 0.0426. The average molecular weight is 302 g/mol. The first-order valence-corrected chi connectivity index (χ1v) is 8.00. The van der Waals surface area contributed by atoms with Crippen LogP contribution in [0.4, 0.5) is 5.69 Å². The van der Waals surface area contributed by atoms with Crippen molar-refractivity contribution in [2.45, 2.75) is 32.3 Å². The van der Waals surface area contributed by atoms with Gasteiger partial charge in [0.2, 0.25) is 5.91 Å². The predicted molar refractivity (Wildman–Crippen MR) is 84.0 cm³/mol. The molecule has 0 unspecified atom stereocenters. The highest BCUT2D eigenvalue weighted by Gasteiger charge is 2.25. The van der Waals surface area contributed by atoms with Crippen molar-refractivity contribution in [3.63, 3.8) is 0 Å². The Balaban J connectivity index is 1.69. The number of anilines is 1. The van der Waals surface area contributed by atoms with E-state index in [1.165, 1.54) is 0 Å². The summed E-state index contributed by atoms with van der Waals surface area (Å²) in [5.41, 5.74) is 1.56. The molecule has 5 nitrogen and oxygen atoms in total. The van der Waals surface area contributed by atoms with Crippen molar-refractivity contribution in [2.24, 2.45) is 0 Å². The number of rotatable bonds is 3. The van der Waals surface area contributed by atoms with Crippen LogP contribution in [0.5, 0.6) is 0 Å². The predicted octanol–water partition coefficient (Wildman–Crippen LogP) is 2.06. The molecule has 2 aliphatic rings. The Labute approximate surface area is 130 Å². The van der Waals surface area contributed by atoms with E-state index in [2.05, 4.69) is 6.92 Å². The minimum Gasteiger partial charge on any atom is -0.375 e. The summed E-state index contributed by atoms with van der Waals surface area (Å²) in [6, 6.07) is 7.38. The Morgan fingerprint density at radius 1 is 1.27 bits per heavy atom. The molecular formula is C17H22N2O3. The van der Waals surface area contributed by atoms with E-state index >= 15 is 0 Å². The van der Waals surface area contributed by atoms with Gasteiger partial charge in [-0.25, -0.2) is 0 Å². The van der Waals surface area contributed by atoms with E-state index in [4.69, 9.17) is 4.74 Å². The first kappa shape index (κ1) is 15.0. The molecule has 2 heterocycles. The summed E-state index contributed by atoms with van der Waals surface area (Å²) in [7, 11) is 0. The monoisotopic (exact) mass is 302 g/mol. The number of carbonyl (C=O) groups excluding carboxylic acids is 2. The van der Waals surface area contributed by atoms with Crippen LogP contribution >= 0.6 is 0 Å². The molecule has 0 aromatic heterocycles. The summed E-state index contributed by atoms with van der Waals surface area (Å²) in [4.78, 5) is 27.9. The number of benzene rings is 1. The van der Waals surface area contributed by atoms with E-state index in [9.17, 15) is 9.59 Å². The molecule has 0 spiro atoms. The van der Waals surface area contributed by atoms with Crippen molar-refractivity contribution >= 4 is 17.5 Å². The number of hydrogen-bond donors (Lipinski definition) is 0. The van der Waals surface area contributed by atoms with E-state index < -0.39 is 0 Å². The average Bonchev–Trinajstić information content (AvgIpc) is 3.00. The topological polar surface area (TPSA) is 49.9 Å². The van der Waals surface area contributed by atoms with Gasteiger partial charge in [0.15, 0.2) is 0 Å². The van der Waals surface area contributed by atoms with Crippen molar-refractivity contribution in [3.05, 3.63) is 29.8 Å². The number of carbonyl (C=O) groups is 2. The van der Waals surface area contributed by atoms with Gasteiger partial charge in [-0.3, -0.25) is 9.59 Å². The van der Waals surface area contributed by atoms with Crippen molar-refractivity contribution < 1.29 is 14.3 Å². The summed E-state index contributed by atoms with van der Waals surface area (Å²) in [5.74, 6) is 0.207. The number of ether oxygens (including phenoxy) is 1. The van der Waals surface area contributed by atoms with E-state index in [0.717, 1.165) is 25.1 Å². The lowest BCUT2D eigenvalue weighted by molar-refractivity contribution is -0.117. The van der Waals surface area contributed by atoms with E-state index in [-0.39, 0.29) is 17.9 Å². The lowest BCUT2D eigenvalue weighted by Gasteiger charge is -2.32. The molecule has 0 radical (unpaired) electrons. The second kappa shape index (κ2) is 6.48. The minimum absolute atomic E-state index is 0.0426. The maximum absolute atomic E-state index is 12.5. The van der Waals surface area contributed by atoms with Crippen molar-refractivity contribution in [3.8, 4) is 0 Å². The first-order valence-electron chi connectivity index (χ1n) is 8.00. The number of hydrogen-bond acceptors (Lipinski definition) is 3. The highest BCUT2D eigenvalue weighted by molar-refractivity contribution is 5.97. The fourth-order valence-electron chi connectivity index (χ4n) is 3.04. The molecule has 2 fully saturated rings. The van der Waals surface area contributed by atoms with Crippen LogP contribution in [0.15, 0.2) is 24.3 Å². The van der Waals surface area contributed by atoms with Crippen LogP contribution in [-0.4, -0.2) is 49.1 Å². The molecule has 0 bridgehead atoms. The van der Waals surface area contributed by atoms with Gasteiger partial charge in [0.1, 0.15) is 0 Å². The van der Waals surface area contributed by atoms with Crippen molar-refractivity contribution in [1.29, 1.82) is 0 Å². The molecule has 1 aromatic carbocycles. The third kappa shape index (κ3) is 2.99. The smallest absolute Gasteiger partial charge is 0.254 e. The number of amides is 2. The standard InChI is InChI=1S/C17H22N2O3/c1-2-15-12-18(10-11-22-15)17(21)13-5-7-14(8-6-13)19-9-3-4-16(19)20/h5-8,15H,2-4,9-12H2,1H3/t15-/m1/s1. The third-order valence-corrected chi connectivity index (χ3v) is 4.38. The molecule has 2 amide bonds. The van der Waals surface area contributed by atoms with Crippen molar-refractivity contribution in [1.82, 2.24) is 4.90 Å². The van der Waals surface area contributed by atoms with Gasteiger partial charge in [-0.15, -0.1) is 0 Å².